The third kappa shape index (κ3) is 5.90. The number of carbonyl (C=O) groups excluding carboxylic acids is 2. The average molecular weight is 488 g/mol. The summed E-state index contributed by atoms with van der Waals surface area (Å²) in [6, 6.07) is 13.4. The number of likely N-dealkylation sites (tertiary alicyclic amines) is 1. The first kappa shape index (κ1) is 24.0. The lowest BCUT2D eigenvalue weighted by Gasteiger charge is -2.34. The Balaban J connectivity index is 1.23. The van der Waals surface area contributed by atoms with Crippen LogP contribution in [0.1, 0.15) is 42.9 Å². The second-order valence-corrected chi connectivity index (χ2v) is 9.94. The molecule has 2 aromatic heterocycles. The van der Waals surface area contributed by atoms with Gasteiger partial charge in [0.1, 0.15) is 18.2 Å². The van der Waals surface area contributed by atoms with Crippen LogP contribution in [0, 0.1) is 25.7 Å². The zero-order chi connectivity index (χ0) is 25.1. The normalized spacial score (nSPS) is 17.6. The lowest BCUT2D eigenvalue weighted by atomic mass is 9.93. The minimum absolute atomic E-state index is 0.00711. The fraction of sp³-hybridized carbons (Fsp3) is 0.444. The van der Waals surface area contributed by atoms with Gasteiger partial charge in [0.15, 0.2) is 5.82 Å². The van der Waals surface area contributed by atoms with E-state index >= 15 is 0 Å². The number of nitrogens with zero attached hydrogens (tertiary/aromatic N) is 5. The molecule has 9 nitrogen and oxygen atoms in total. The summed E-state index contributed by atoms with van der Waals surface area (Å²) in [5.74, 6) is 2.56. The third-order valence-corrected chi connectivity index (χ3v) is 6.78. The monoisotopic (exact) mass is 487 g/mol. The summed E-state index contributed by atoms with van der Waals surface area (Å²) in [6.45, 7) is 5.32. The van der Waals surface area contributed by atoms with Crippen LogP contribution in [0.15, 0.2) is 42.5 Å². The Morgan fingerprint density at radius 1 is 1.08 bits per heavy atom. The van der Waals surface area contributed by atoms with Crippen molar-refractivity contribution in [1.29, 1.82) is 0 Å². The van der Waals surface area contributed by atoms with Gasteiger partial charge in [-0.15, -0.1) is 0 Å². The van der Waals surface area contributed by atoms with E-state index in [-0.39, 0.29) is 24.3 Å². The van der Waals surface area contributed by atoms with Gasteiger partial charge in [-0.2, -0.15) is 5.10 Å². The SMILES string of the molecule is Cc1nc(CC2CCCN(C(=O)CN(C(=O)C3CC3)c3ccccc3)C2)cc(Nc2cc(C)[nH]n2)n1. The van der Waals surface area contributed by atoms with Crippen molar-refractivity contribution in [3.8, 4) is 0 Å². The maximum absolute atomic E-state index is 13.3. The molecule has 36 heavy (non-hydrogen) atoms. The molecular formula is C27H33N7O2. The Morgan fingerprint density at radius 3 is 2.61 bits per heavy atom. The van der Waals surface area contributed by atoms with Crippen LogP contribution in [0.3, 0.4) is 0 Å². The third-order valence-electron chi connectivity index (χ3n) is 6.78. The van der Waals surface area contributed by atoms with Gasteiger partial charge in [0, 0.05) is 48.2 Å². The molecule has 3 aromatic rings. The van der Waals surface area contributed by atoms with Crippen LogP contribution in [-0.4, -0.2) is 56.5 Å². The van der Waals surface area contributed by atoms with E-state index in [9.17, 15) is 9.59 Å². The number of anilines is 3. The molecule has 1 atom stereocenters. The molecule has 188 valence electrons. The smallest absolute Gasteiger partial charge is 0.242 e. The number of hydrogen-bond acceptors (Lipinski definition) is 6. The van der Waals surface area contributed by atoms with Gasteiger partial charge in [-0.1, -0.05) is 18.2 Å². The number of amides is 2. The molecule has 3 heterocycles. The van der Waals surface area contributed by atoms with E-state index in [1.165, 1.54) is 0 Å². The molecule has 0 spiro atoms. The van der Waals surface area contributed by atoms with Crippen molar-refractivity contribution in [2.75, 3.05) is 29.9 Å². The summed E-state index contributed by atoms with van der Waals surface area (Å²) in [6.07, 6.45) is 4.58. The van der Waals surface area contributed by atoms with Crippen LogP contribution in [0.5, 0.6) is 0 Å². The molecule has 5 rings (SSSR count). The molecule has 1 unspecified atom stereocenters. The summed E-state index contributed by atoms with van der Waals surface area (Å²) >= 11 is 0. The number of nitrogens with one attached hydrogen (secondary N) is 2. The maximum atomic E-state index is 13.3. The van der Waals surface area contributed by atoms with Crippen LogP contribution >= 0.6 is 0 Å². The van der Waals surface area contributed by atoms with Crippen LogP contribution in [0.25, 0.3) is 0 Å². The summed E-state index contributed by atoms with van der Waals surface area (Å²) < 4.78 is 0. The van der Waals surface area contributed by atoms with Crippen molar-refractivity contribution in [1.82, 2.24) is 25.1 Å². The van der Waals surface area contributed by atoms with Gasteiger partial charge < -0.3 is 15.1 Å². The highest BCUT2D eigenvalue weighted by Crippen LogP contribution is 2.33. The average Bonchev–Trinajstić information content (AvgIpc) is 3.64. The predicted octanol–water partition coefficient (Wildman–Crippen LogP) is 3.78. The van der Waals surface area contributed by atoms with Gasteiger partial charge in [-0.25, -0.2) is 9.97 Å². The Morgan fingerprint density at radius 2 is 1.89 bits per heavy atom. The Hall–Kier alpha value is -3.75. The van der Waals surface area contributed by atoms with E-state index in [0.717, 1.165) is 61.5 Å². The van der Waals surface area contributed by atoms with Crippen molar-refractivity contribution >= 4 is 29.1 Å². The number of aryl methyl sites for hydroxylation is 2. The molecule has 2 amide bonds. The second kappa shape index (κ2) is 10.5. The van der Waals surface area contributed by atoms with E-state index in [1.54, 1.807) is 4.90 Å². The van der Waals surface area contributed by atoms with Crippen molar-refractivity contribution in [3.63, 3.8) is 0 Å². The Labute approximate surface area is 211 Å². The highest BCUT2D eigenvalue weighted by molar-refractivity contribution is 6.00. The fourth-order valence-corrected chi connectivity index (χ4v) is 4.86. The van der Waals surface area contributed by atoms with Gasteiger partial charge in [0.2, 0.25) is 11.8 Å². The molecule has 0 radical (unpaired) electrons. The van der Waals surface area contributed by atoms with Crippen LogP contribution in [-0.2, 0) is 16.0 Å². The first-order chi connectivity index (χ1) is 17.4. The molecule has 9 heteroatoms. The van der Waals surface area contributed by atoms with Crippen LogP contribution in [0.4, 0.5) is 17.3 Å². The highest BCUT2D eigenvalue weighted by atomic mass is 16.2. The molecule has 2 N–H and O–H groups in total. The first-order valence-corrected chi connectivity index (χ1v) is 12.7. The minimum Gasteiger partial charge on any atom is -0.341 e. The van der Waals surface area contributed by atoms with Crippen molar-refractivity contribution in [2.45, 2.75) is 46.0 Å². The van der Waals surface area contributed by atoms with E-state index in [4.69, 9.17) is 0 Å². The molecule has 0 bridgehead atoms. The molecule has 1 aliphatic carbocycles. The zero-order valence-corrected chi connectivity index (χ0v) is 20.9. The summed E-state index contributed by atoms with van der Waals surface area (Å²) in [5, 5.41) is 10.4. The van der Waals surface area contributed by atoms with E-state index < -0.39 is 0 Å². The van der Waals surface area contributed by atoms with Crippen molar-refractivity contribution in [2.24, 2.45) is 11.8 Å². The van der Waals surface area contributed by atoms with Gasteiger partial charge in [-0.3, -0.25) is 14.7 Å². The molecule has 1 saturated carbocycles. The molecule has 1 saturated heterocycles. The summed E-state index contributed by atoms with van der Waals surface area (Å²) in [5.41, 5.74) is 2.71. The van der Waals surface area contributed by atoms with Crippen LogP contribution in [0.2, 0.25) is 0 Å². The Bertz CT molecular complexity index is 1220. The maximum Gasteiger partial charge on any atom is 0.242 e. The number of aromatic nitrogens is 4. The molecule has 2 fully saturated rings. The molecule has 2 aliphatic rings. The number of rotatable bonds is 8. The number of H-pyrrole nitrogens is 1. The number of carbonyl (C=O) groups is 2. The lowest BCUT2D eigenvalue weighted by molar-refractivity contribution is -0.133. The van der Waals surface area contributed by atoms with E-state index in [0.29, 0.717) is 24.1 Å². The number of para-hydroxylation sites is 1. The van der Waals surface area contributed by atoms with Gasteiger partial charge >= 0.3 is 0 Å². The quantitative estimate of drug-likeness (QED) is 0.501. The first-order valence-electron chi connectivity index (χ1n) is 12.7. The number of hydrogen-bond donors (Lipinski definition) is 2. The standard InChI is InChI=1S/C27H33N7O2/c1-18-13-25(32-31-18)30-24-15-22(28-19(2)29-24)14-20-7-6-12-33(16-20)26(35)17-34(27(36)21-10-11-21)23-8-4-3-5-9-23/h3-5,8-9,13,15,20-21H,6-7,10-12,14,16-17H2,1-2H3,(H2,28,29,30,31,32). The van der Waals surface area contributed by atoms with Crippen molar-refractivity contribution < 1.29 is 9.59 Å². The van der Waals surface area contributed by atoms with Gasteiger partial charge in [0.05, 0.1) is 0 Å². The molecule has 1 aliphatic heterocycles. The largest absolute Gasteiger partial charge is 0.341 e. The van der Waals surface area contributed by atoms with E-state index in [1.807, 2.05) is 61.2 Å². The molecular weight excluding hydrogens is 454 g/mol. The number of piperidine rings is 1. The lowest BCUT2D eigenvalue weighted by Crippen LogP contribution is -2.47. The second-order valence-electron chi connectivity index (χ2n) is 9.94. The van der Waals surface area contributed by atoms with Crippen molar-refractivity contribution in [3.05, 3.63) is 59.7 Å². The number of aromatic amines is 1. The summed E-state index contributed by atoms with van der Waals surface area (Å²) in [7, 11) is 0. The van der Waals surface area contributed by atoms with Gasteiger partial charge in [0.25, 0.3) is 0 Å². The number of benzene rings is 1. The predicted molar refractivity (Wildman–Crippen MR) is 138 cm³/mol. The minimum atomic E-state index is 0.00711. The zero-order valence-electron chi connectivity index (χ0n) is 20.9. The Kier molecular flexibility index (Phi) is 6.97. The van der Waals surface area contributed by atoms with Gasteiger partial charge in [-0.05, 0) is 64.0 Å². The van der Waals surface area contributed by atoms with Crippen LogP contribution < -0.4 is 10.2 Å². The molecule has 1 aromatic carbocycles. The highest BCUT2D eigenvalue weighted by Gasteiger charge is 2.36. The fourth-order valence-electron chi connectivity index (χ4n) is 4.86. The topological polar surface area (TPSA) is 107 Å². The summed E-state index contributed by atoms with van der Waals surface area (Å²) in [4.78, 5) is 39.0. The van der Waals surface area contributed by atoms with E-state index in [2.05, 4.69) is 25.5 Å².